The Labute approximate surface area is 189 Å². The van der Waals surface area contributed by atoms with Gasteiger partial charge in [0.15, 0.2) is 17.2 Å². The number of aliphatic hydroxyl groups is 1. The number of rotatable bonds is 5. The zero-order chi connectivity index (χ0) is 23.0. The largest absolute Gasteiger partial charge is 0.493 e. The molecule has 0 aromatic heterocycles. The van der Waals surface area contributed by atoms with Crippen LogP contribution >= 0.6 is 11.8 Å². The first-order chi connectivity index (χ1) is 15.4. The minimum atomic E-state index is -1.66. The van der Waals surface area contributed by atoms with Gasteiger partial charge in [0.1, 0.15) is 5.82 Å². The van der Waals surface area contributed by atoms with Crippen molar-refractivity contribution in [2.24, 2.45) is 0 Å². The maximum Gasteiger partial charge on any atom is 0.231 e. The number of hydrogen-bond acceptors (Lipinski definition) is 7. The molecule has 32 heavy (non-hydrogen) atoms. The van der Waals surface area contributed by atoms with Crippen molar-refractivity contribution in [1.29, 1.82) is 5.26 Å². The quantitative estimate of drug-likeness (QED) is 0.736. The average molecular weight is 456 g/mol. The molecular weight excluding hydrogens is 435 g/mol. The molecule has 2 unspecified atom stereocenters. The molecule has 1 saturated heterocycles. The second-order valence-electron chi connectivity index (χ2n) is 7.39. The molecule has 2 aliphatic heterocycles. The predicted octanol–water partition coefficient (Wildman–Crippen LogP) is 3.49. The smallest absolute Gasteiger partial charge is 0.231 e. The van der Waals surface area contributed by atoms with Crippen molar-refractivity contribution in [1.82, 2.24) is 4.90 Å². The Bertz CT molecular complexity index is 1120. The molecule has 1 N–H and O–H groups in total. The van der Waals surface area contributed by atoms with Crippen LogP contribution in [0.5, 0.6) is 17.2 Å². The number of thioether (sulfide) groups is 1. The lowest BCUT2D eigenvalue weighted by Crippen LogP contribution is -2.48. The van der Waals surface area contributed by atoms with Crippen molar-refractivity contribution >= 4 is 17.7 Å². The minimum absolute atomic E-state index is 0.0326. The van der Waals surface area contributed by atoms with Gasteiger partial charge in [0.05, 0.1) is 43.8 Å². The van der Waals surface area contributed by atoms with Crippen molar-refractivity contribution in [2.45, 2.75) is 18.1 Å². The molecule has 0 spiro atoms. The number of amides is 1. The molecular formula is C23H21FN2O5S. The fraction of sp³-hybridized carbons (Fsp3) is 0.304. The number of nitrogens with zero attached hydrogens (tertiary/aromatic N) is 2. The average Bonchev–Trinajstić information content (AvgIpc) is 3.17. The highest BCUT2D eigenvalue weighted by Crippen LogP contribution is 2.52. The van der Waals surface area contributed by atoms with E-state index in [-0.39, 0.29) is 18.1 Å². The summed E-state index contributed by atoms with van der Waals surface area (Å²) >= 11 is 1.23. The summed E-state index contributed by atoms with van der Waals surface area (Å²) in [4.78, 5) is 14.5. The third kappa shape index (κ3) is 3.36. The first kappa shape index (κ1) is 22.0. The Morgan fingerprint density at radius 3 is 2.31 bits per heavy atom. The van der Waals surface area contributed by atoms with Gasteiger partial charge < -0.3 is 19.3 Å². The van der Waals surface area contributed by atoms with Gasteiger partial charge in [-0.25, -0.2) is 4.39 Å². The fourth-order valence-electron chi connectivity index (χ4n) is 4.14. The monoisotopic (exact) mass is 456 g/mol. The van der Waals surface area contributed by atoms with Crippen molar-refractivity contribution in [3.63, 3.8) is 0 Å². The summed E-state index contributed by atoms with van der Waals surface area (Å²) in [6, 6.07) is 11.0. The number of benzene rings is 2. The molecule has 1 fully saturated rings. The molecule has 2 atom stereocenters. The van der Waals surface area contributed by atoms with Crippen LogP contribution in [0.2, 0.25) is 0 Å². The third-order valence-electron chi connectivity index (χ3n) is 5.71. The van der Waals surface area contributed by atoms with E-state index in [9.17, 15) is 19.6 Å². The molecule has 0 radical (unpaired) electrons. The summed E-state index contributed by atoms with van der Waals surface area (Å²) < 4.78 is 29.6. The van der Waals surface area contributed by atoms with Gasteiger partial charge in [-0.3, -0.25) is 9.69 Å². The molecule has 0 saturated carbocycles. The van der Waals surface area contributed by atoms with Crippen LogP contribution in [0, 0.1) is 17.1 Å². The number of allylic oxidation sites excluding steroid dienone is 1. The van der Waals surface area contributed by atoms with Gasteiger partial charge in [-0.2, -0.15) is 5.26 Å². The Morgan fingerprint density at radius 2 is 1.78 bits per heavy atom. The molecule has 0 aliphatic carbocycles. The van der Waals surface area contributed by atoms with Gasteiger partial charge in [-0.15, -0.1) is 11.8 Å². The highest BCUT2D eigenvalue weighted by atomic mass is 32.2. The van der Waals surface area contributed by atoms with Crippen LogP contribution in [-0.4, -0.2) is 43.0 Å². The van der Waals surface area contributed by atoms with E-state index >= 15 is 0 Å². The summed E-state index contributed by atoms with van der Waals surface area (Å²) in [6.07, 6.45) is -0.0326. The third-order valence-corrected chi connectivity index (χ3v) is 6.93. The zero-order valence-electron chi connectivity index (χ0n) is 17.7. The van der Waals surface area contributed by atoms with Gasteiger partial charge in [-0.05, 0) is 29.8 Å². The van der Waals surface area contributed by atoms with Crippen LogP contribution in [-0.2, 0) is 10.5 Å². The number of nitriles is 1. The van der Waals surface area contributed by atoms with E-state index < -0.39 is 17.5 Å². The summed E-state index contributed by atoms with van der Waals surface area (Å²) in [5, 5.41) is 21.8. The summed E-state index contributed by atoms with van der Waals surface area (Å²) in [5.74, 6) is 0.0535. The van der Waals surface area contributed by atoms with E-state index in [1.54, 1.807) is 12.1 Å². The van der Waals surface area contributed by atoms with Gasteiger partial charge >= 0.3 is 0 Å². The minimum Gasteiger partial charge on any atom is -0.493 e. The van der Waals surface area contributed by atoms with Crippen molar-refractivity contribution in [3.05, 3.63) is 63.9 Å². The van der Waals surface area contributed by atoms with Crippen LogP contribution in [0.15, 0.2) is 47.0 Å². The maximum absolute atomic E-state index is 13.4. The van der Waals surface area contributed by atoms with E-state index in [4.69, 9.17) is 14.2 Å². The molecule has 0 bridgehead atoms. The number of methoxy groups -OCH3 is 3. The van der Waals surface area contributed by atoms with Crippen LogP contribution in [0.3, 0.4) is 0 Å². The van der Waals surface area contributed by atoms with E-state index in [1.807, 2.05) is 0 Å². The van der Waals surface area contributed by atoms with E-state index in [0.717, 1.165) is 0 Å². The molecule has 2 aromatic carbocycles. The Morgan fingerprint density at radius 1 is 1.16 bits per heavy atom. The maximum atomic E-state index is 13.4. The van der Waals surface area contributed by atoms with Gasteiger partial charge in [0, 0.05) is 17.9 Å². The Kier molecular flexibility index (Phi) is 5.75. The molecule has 166 valence electrons. The Hall–Kier alpha value is -3.22. The topological polar surface area (TPSA) is 92.0 Å². The van der Waals surface area contributed by atoms with Gasteiger partial charge in [-0.1, -0.05) is 12.1 Å². The molecule has 2 aliphatic rings. The highest BCUT2D eigenvalue weighted by Gasteiger charge is 2.52. The van der Waals surface area contributed by atoms with Crippen molar-refractivity contribution in [2.75, 3.05) is 27.1 Å². The fourth-order valence-corrected chi connectivity index (χ4v) is 5.50. The molecule has 1 amide bonds. The molecule has 2 aromatic rings. The SMILES string of the molecule is COc1cc(C2CC(=O)N3C(=C2C#N)SCC3(O)c2ccc(F)cc2)cc(OC)c1OC. The highest BCUT2D eigenvalue weighted by molar-refractivity contribution is 8.03. The van der Waals surface area contributed by atoms with Gasteiger partial charge in [0.25, 0.3) is 0 Å². The van der Waals surface area contributed by atoms with Crippen LogP contribution < -0.4 is 14.2 Å². The van der Waals surface area contributed by atoms with Crippen molar-refractivity contribution in [3.8, 4) is 23.3 Å². The van der Waals surface area contributed by atoms with E-state index in [1.165, 1.54) is 62.3 Å². The summed E-state index contributed by atoms with van der Waals surface area (Å²) in [5.41, 5.74) is -0.248. The van der Waals surface area contributed by atoms with Gasteiger partial charge in [0.2, 0.25) is 11.7 Å². The first-order valence-electron chi connectivity index (χ1n) is 9.76. The molecule has 2 heterocycles. The lowest BCUT2D eigenvalue weighted by atomic mass is 9.85. The predicted molar refractivity (Wildman–Crippen MR) is 116 cm³/mol. The van der Waals surface area contributed by atoms with Crippen LogP contribution in [0.4, 0.5) is 4.39 Å². The second-order valence-corrected chi connectivity index (χ2v) is 8.35. The number of carbonyl (C=O) groups is 1. The van der Waals surface area contributed by atoms with E-state index in [0.29, 0.717) is 39.0 Å². The zero-order valence-corrected chi connectivity index (χ0v) is 18.5. The van der Waals surface area contributed by atoms with Crippen LogP contribution in [0.25, 0.3) is 0 Å². The normalized spacial score (nSPS) is 22.4. The second kappa shape index (κ2) is 8.37. The Balaban J connectivity index is 1.82. The van der Waals surface area contributed by atoms with E-state index in [2.05, 4.69) is 6.07 Å². The molecule has 4 rings (SSSR count). The number of fused-ring (bicyclic) bond motifs is 1. The number of carbonyl (C=O) groups excluding carboxylic acids is 1. The standard InChI is InChI=1S/C23H21FN2O5S/c1-29-18-8-13(9-19(30-2)21(18)31-3)16-10-20(27)26-22(17(16)11-25)32-12-23(26,28)14-4-6-15(24)7-5-14/h4-9,16,28H,10,12H2,1-3H3. The first-order valence-corrected chi connectivity index (χ1v) is 10.7. The lowest BCUT2D eigenvalue weighted by molar-refractivity contribution is -0.149. The number of halogens is 1. The molecule has 7 nitrogen and oxygen atoms in total. The van der Waals surface area contributed by atoms with Crippen molar-refractivity contribution < 1.29 is 28.5 Å². The lowest BCUT2D eigenvalue weighted by Gasteiger charge is -2.38. The number of ether oxygens (including phenoxy) is 3. The number of hydrogen-bond donors (Lipinski definition) is 1. The summed E-state index contributed by atoms with van der Waals surface area (Å²) in [7, 11) is 4.48. The molecule has 9 heteroatoms. The summed E-state index contributed by atoms with van der Waals surface area (Å²) in [6.45, 7) is 0. The van der Waals surface area contributed by atoms with Crippen LogP contribution in [0.1, 0.15) is 23.5 Å².